The lowest BCUT2D eigenvalue weighted by Crippen LogP contribution is -1.98. The van der Waals surface area contributed by atoms with Crippen LogP contribution in [0.4, 0.5) is 0 Å². The number of aromatic nitrogens is 3. The Balaban J connectivity index is 2.11. The summed E-state index contributed by atoms with van der Waals surface area (Å²) in [6, 6.07) is 3.69. The second-order valence-electron chi connectivity index (χ2n) is 3.10. The number of hydrogen-bond donors (Lipinski definition) is 1. The van der Waals surface area contributed by atoms with E-state index >= 15 is 0 Å². The molecular weight excluding hydrogens is 182 g/mol. The van der Waals surface area contributed by atoms with Crippen molar-refractivity contribution < 1.29 is 9.52 Å². The second kappa shape index (κ2) is 3.63. The Hall–Kier alpha value is -1.62. The van der Waals surface area contributed by atoms with E-state index in [1.54, 1.807) is 24.1 Å². The number of furan rings is 1. The molecule has 0 radical (unpaired) electrons. The van der Waals surface area contributed by atoms with E-state index in [-0.39, 0.29) is 0 Å². The average molecular weight is 193 g/mol. The second-order valence-corrected chi connectivity index (χ2v) is 3.10. The van der Waals surface area contributed by atoms with Crippen LogP contribution in [-0.4, -0.2) is 20.1 Å². The van der Waals surface area contributed by atoms with Crippen molar-refractivity contribution in [2.24, 2.45) is 0 Å². The van der Waals surface area contributed by atoms with Crippen LogP contribution in [0.1, 0.15) is 24.5 Å². The van der Waals surface area contributed by atoms with Gasteiger partial charge in [0.1, 0.15) is 18.0 Å². The van der Waals surface area contributed by atoms with Crippen molar-refractivity contribution in [3.05, 3.63) is 36.0 Å². The predicted octanol–water partition coefficient (Wildman–Crippen LogP) is 0.973. The molecule has 0 saturated carbocycles. The summed E-state index contributed by atoms with van der Waals surface area (Å²) < 4.78 is 6.78. The monoisotopic (exact) mass is 193 g/mol. The molecule has 1 unspecified atom stereocenters. The lowest BCUT2D eigenvalue weighted by Gasteiger charge is -1.96. The Bertz CT molecular complexity index is 392. The summed E-state index contributed by atoms with van der Waals surface area (Å²) in [6.07, 6.45) is 2.73. The highest BCUT2D eigenvalue weighted by atomic mass is 16.3. The topological polar surface area (TPSA) is 64.1 Å². The van der Waals surface area contributed by atoms with Crippen molar-refractivity contribution in [2.75, 3.05) is 0 Å². The smallest absolute Gasteiger partial charge is 0.125 e. The molecule has 2 aromatic heterocycles. The Morgan fingerprint density at radius 1 is 1.64 bits per heavy atom. The van der Waals surface area contributed by atoms with E-state index in [2.05, 4.69) is 10.3 Å². The molecular formula is C9H11N3O2. The molecule has 0 aliphatic heterocycles. The van der Waals surface area contributed by atoms with Crippen LogP contribution in [0.25, 0.3) is 0 Å². The lowest BCUT2D eigenvalue weighted by atomic mass is 10.3. The summed E-state index contributed by atoms with van der Waals surface area (Å²) in [4.78, 5) is 0. The first-order chi connectivity index (χ1) is 6.75. The maximum absolute atomic E-state index is 9.22. The van der Waals surface area contributed by atoms with Crippen LogP contribution in [-0.2, 0) is 6.54 Å². The molecule has 0 aliphatic carbocycles. The summed E-state index contributed by atoms with van der Waals surface area (Å²) >= 11 is 0. The van der Waals surface area contributed by atoms with Gasteiger partial charge in [-0.3, -0.25) is 0 Å². The van der Waals surface area contributed by atoms with E-state index in [0.717, 1.165) is 5.76 Å². The SMILES string of the molecule is CC(O)c1cn(Cc2ccco2)nn1. The zero-order valence-electron chi connectivity index (χ0n) is 7.79. The van der Waals surface area contributed by atoms with Crippen molar-refractivity contribution >= 4 is 0 Å². The molecule has 1 atom stereocenters. The van der Waals surface area contributed by atoms with Crippen LogP contribution < -0.4 is 0 Å². The Morgan fingerprint density at radius 3 is 3.07 bits per heavy atom. The molecule has 0 fully saturated rings. The van der Waals surface area contributed by atoms with Crippen LogP contribution in [0.15, 0.2) is 29.0 Å². The molecule has 14 heavy (non-hydrogen) atoms. The van der Waals surface area contributed by atoms with Gasteiger partial charge in [-0.15, -0.1) is 5.10 Å². The van der Waals surface area contributed by atoms with Crippen LogP contribution in [0, 0.1) is 0 Å². The molecule has 0 saturated heterocycles. The molecule has 0 bridgehead atoms. The van der Waals surface area contributed by atoms with E-state index in [4.69, 9.17) is 4.42 Å². The fourth-order valence-corrected chi connectivity index (χ4v) is 1.14. The van der Waals surface area contributed by atoms with Crippen molar-refractivity contribution in [1.82, 2.24) is 15.0 Å². The van der Waals surface area contributed by atoms with Gasteiger partial charge in [-0.25, -0.2) is 4.68 Å². The lowest BCUT2D eigenvalue weighted by molar-refractivity contribution is 0.194. The Morgan fingerprint density at radius 2 is 2.50 bits per heavy atom. The minimum absolute atomic E-state index is 0.534. The van der Waals surface area contributed by atoms with Crippen molar-refractivity contribution in [3.63, 3.8) is 0 Å². The first kappa shape index (κ1) is 8.96. The molecule has 2 rings (SSSR count). The quantitative estimate of drug-likeness (QED) is 0.788. The van der Waals surface area contributed by atoms with Gasteiger partial charge in [0.05, 0.1) is 18.6 Å². The normalized spacial score (nSPS) is 13.0. The average Bonchev–Trinajstić information content (AvgIpc) is 2.75. The number of aliphatic hydroxyl groups excluding tert-OH is 1. The van der Waals surface area contributed by atoms with E-state index in [1.165, 1.54) is 0 Å². The van der Waals surface area contributed by atoms with Crippen LogP contribution in [0.5, 0.6) is 0 Å². The summed E-state index contributed by atoms with van der Waals surface area (Å²) in [6.45, 7) is 2.19. The van der Waals surface area contributed by atoms with E-state index < -0.39 is 6.10 Å². The Labute approximate surface area is 81.0 Å². The zero-order valence-corrected chi connectivity index (χ0v) is 7.79. The maximum atomic E-state index is 9.22. The van der Waals surface area contributed by atoms with Gasteiger partial charge in [0.15, 0.2) is 0 Å². The van der Waals surface area contributed by atoms with Gasteiger partial charge in [-0.05, 0) is 19.1 Å². The highest BCUT2D eigenvalue weighted by Crippen LogP contribution is 2.08. The van der Waals surface area contributed by atoms with Gasteiger partial charge in [-0.2, -0.15) is 0 Å². The fourth-order valence-electron chi connectivity index (χ4n) is 1.14. The third kappa shape index (κ3) is 1.82. The van der Waals surface area contributed by atoms with Crippen LogP contribution in [0.3, 0.4) is 0 Å². The highest BCUT2D eigenvalue weighted by molar-refractivity contribution is 5.01. The van der Waals surface area contributed by atoms with Gasteiger partial charge >= 0.3 is 0 Å². The number of rotatable bonds is 3. The Kier molecular flexibility index (Phi) is 2.32. The standard InChI is InChI=1S/C9H11N3O2/c1-7(13)9-6-12(11-10-9)5-8-3-2-4-14-8/h2-4,6-7,13H,5H2,1H3. The predicted molar refractivity (Wildman–Crippen MR) is 48.5 cm³/mol. The summed E-state index contributed by atoms with van der Waals surface area (Å²) in [5, 5.41) is 16.9. The van der Waals surface area contributed by atoms with E-state index in [1.807, 2.05) is 12.1 Å². The molecule has 74 valence electrons. The molecule has 0 aromatic carbocycles. The van der Waals surface area contributed by atoms with E-state index in [9.17, 15) is 5.11 Å². The third-order valence-electron chi connectivity index (χ3n) is 1.88. The first-order valence-electron chi connectivity index (χ1n) is 4.36. The molecule has 0 aliphatic rings. The number of hydrogen-bond acceptors (Lipinski definition) is 4. The van der Waals surface area contributed by atoms with Crippen LogP contribution in [0.2, 0.25) is 0 Å². The summed E-state index contributed by atoms with van der Waals surface area (Å²) in [5.74, 6) is 0.812. The molecule has 0 amide bonds. The maximum Gasteiger partial charge on any atom is 0.125 e. The highest BCUT2D eigenvalue weighted by Gasteiger charge is 2.06. The van der Waals surface area contributed by atoms with Gasteiger partial charge in [0.25, 0.3) is 0 Å². The minimum atomic E-state index is -0.583. The van der Waals surface area contributed by atoms with Gasteiger partial charge in [-0.1, -0.05) is 5.21 Å². The van der Waals surface area contributed by atoms with Crippen molar-refractivity contribution in [1.29, 1.82) is 0 Å². The van der Waals surface area contributed by atoms with Crippen molar-refractivity contribution in [3.8, 4) is 0 Å². The number of aliphatic hydroxyl groups is 1. The summed E-state index contributed by atoms with van der Waals surface area (Å²) in [7, 11) is 0. The number of nitrogens with zero attached hydrogens (tertiary/aromatic N) is 3. The molecule has 2 aromatic rings. The molecule has 5 heteroatoms. The molecule has 5 nitrogen and oxygen atoms in total. The largest absolute Gasteiger partial charge is 0.467 e. The van der Waals surface area contributed by atoms with Crippen molar-refractivity contribution in [2.45, 2.75) is 19.6 Å². The zero-order chi connectivity index (χ0) is 9.97. The molecule has 0 spiro atoms. The van der Waals surface area contributed by atoms with E-state index in [0.29, 0.717) is 12.2 Å². The first-order valence-corrected chi connectivity index (χ1v) is 4.36. The minimum Gasteiger partial charge on any atom is -0.467 e. The van der Waals surface area contributed by atoms with Gasteiger partial charge < -0.3 is 9.52 Å². The molecule has 2 heterocycles. The van der Waals surface area contributed by atoms with Gasteiger partial charge in [0, 0.05) is 0 Å². The summed E-state index contributed by atoms with van der Waals surface area (Å²) in [5.41, 5.74) is 0.566. The van der Waals surface area contributed by atoms with Crippen LogP contribution >= 0.6 is 0 Å². The van der Waals surface area contributed by atoms with Gasteiger partial charge in [0.2, 0.25) is 0 Å². The molecule has 1 N–H and O–H groups in total. The third-order valence-corrected chi connectivity index (χ3v) is 1.88. The fraction of sp³-hybridized carbons (Fsp3) is 0.333.